The van der Waals surface area contributed by atoms with E-state index in [0.29, 0.717) is 31.9 Å². The molecule has 0 aliphatic carbocycles. The topological polar surface area (TPSA) is 136 Å². The van der Waals surface area contributed by atoms with E-state index >= 15 is 0 Å². The third-order valence-electron chi connectivity index (χ3n) is 5.95. The molecule has 1 N–H and O–H groups in total. The molecule has 0 bridgehead atoms. The van der Waals surface area contributed by atoms with E-state index in [1.165, 1.54) is 10.8 Å². The number of nitro groups is 1. The van der Waals surface area contributed by atoms with E-state index in [2.05, 4.69) is 9.88 Å². The molecule has 1 aromatic carbocycles. The second kappa shape index (κ2) is 11.4. The first-order chi connectivity index (χ1) is 18.0. The zero-order valence-electron chi connectivity index (χ0n) is 21.5. The first-order valence-corrected chi connectivity index (χ1v) is 12.7. The van der Waals surface area contributed by atoms with Crippen molar-refractivity contribution < 1.29 is 24.3 Å². The van der Waals surface area contributed by atoms with Crippen molar-refractivity contribution in [2.45, 2.75) is 45.4 Å². The third-order valence-corrected chi connectivity index (χ3v) is 6.25. The number of pyridine rings is 1. The lowest BCUT2D eigenvalue weighted by Crippen LogP contribution is -2.50. The molecule has 4 rings (SSSR count). The summed E-state index contributed by atoms with van der Waals surface area (Å²) in [7, 11) is 0. The van der Waals surface area contributed by atoms with Crippen molar-refractivity contribution in [1.29, 1.82) is 0 Å². The maximum Gasteiger partial charge on any atom is 0.410 e. The maximum atomic E-state index is 12.3. The summed E-state index contributed by atoms with van der Waals surface area (Å²) >= 11 is 5.91. The minimum Gasteiger partial charge on any atom is -0.491 e. The number of imidazole rings is 1. The Morgan fingerprint density at radius 2 is 1.92 bits per heavy atom. The van der Waals surface area contributed by atoms with Gasteiger partial charge < -0.3 is 34.5 Å². The monoisotopic (exact) mass is 546 g/mol. The van der Waals surface area contributed by atoms with Crippen LogP contribution >= 0.6 is 11.6 Å². The number of aryl methyl sites for hydroxylation is 1. The Bertz CT molecular complexity index is 1300. The first-order valence-electron chi connectivity index (χ1n) is 12.3. The van der Waals surface area contributed by atoms with Gasteiger partial charge in [0.2, 0.25) is 0 Å². The zero-order chi connectivity index (χ0) is 27.4. The molecule has 204 valence electrons. The van der Waals surface area contributed by atoms with Crippen LogP contribution in [0.25, 0.3) is 10.9 Å². The van der Waals surface area contributed by atoms with Crippen molar-refractivity contribution in [1.82, 2.24) is 19.4 Å². The van der Waals surface area contributed by atoms with Crippen LogP contribution in [0.15, 0.2) is 36.5 Å². The summed E-state index contributed by atoms with van der Waals surface area (Å²) in [6.45, 7) is 8.33. The number of piperazine rings is 1. The lowest BCUT2D eigenvalue weighted by molar-refractivity contribution is -0.389. The van der Waals surface area contributed by atoms with Crippen LogP contribution in [-0.2, 0) is 11.3 Å². The molecular weight excluding hydrogens is 516 g/mol. The summed E-state index contributed by atoms with van der Waals surface area (Å²) in [6.07, 6.45) is 0.424. The fourth-order valence-corrected chi connectivity index (χ4v) is 4.21. The molecule has 2 aromatic heterocycles. The van der Waals surface area contributed by atoms with E-state index in [-0.39, 0.29) is 36.8 Å². The number of fused-ring (bicyclic) bond motifs is 1. The average molecular weight is 547 g/mol. The molecule has 1 atom stereocenters. The minimum absolute atomic E-state index is 0.00358. The second-order valence-electron chi connectivity index (χ2n) is 10.1. The molecule has 13 heteroatoms. The second-order valence-corrected chi connectivity index (χ2v) is 10.4. The van der Waals surface area contributed by atoms with Crippen LogP contribution in [-0.4, -0.2) is 80.0 Å². The fourth-order valence-electron chi connectivity index (χ4n) is 3.99. The maximum absolute atomic E-state index is 12.3. The molecular formula is C25H31ClN6O6. The van der Waals surface area contributed by atoms with Crippen LogP contribution in [0.2, 0.25) is 5.28 Å². The van der Waals surface area contributed by atoms with Gasteiger partial charge >= 0.3 is 17.2 Å². The van der Waals surface area contributed by atoms with Gasteiger partial charge in [0.05, 0.1) is 11.6 Å². The van der Waals surface area contributed by atoms with Gasteiger partial charge in [0.25, 0.3) is 0 Å². The number of halogens is 1. The molecule has 1 aliphatic rings. The number of hydrogen-bond acceptors (Lipinski definition) is 9. The molecule has 12 nitrogen and oxygen atoms in total. The van der Waals surface area contributed by atoms with Crippen LogP contribution < -0.4 is 9.64 Å². The van der Waals surface area contributed by atoms with Gasteiger partial charge in [0.1, 0.15) is 30.0 Å². The first kappa shape index (κ1) is 27.4. The summed E-state index contributed by atoms with van der Waals surface area (Å²) in [4.78, 5) is 34.8. The van der Waals surface area contributed by atoms with E-state index < -0.39 is 16.6 Å². The molecule has 0 spiro atoms. The average Bonchev–Trinajstić information content (AvgIpc) is 3.25. The predicted octanol–water partition coefficient (Wildman–Crippen LogP) is 3.88. The van der Waals surface area contributed by atoms with Crippen LogP contribution in [0.5, 0.6) is 5.75 Å². The highest BCUT2D eigenvalue weighted by atomic mass is 35.5. The summed E-state index contributed by atoms with van der Waals surface area (Å²) in [6, 6.07) is 9.42. The summed E-state index contributed by atoms with van der Waals surface area (Å²) in [5.41, 5.74) is 0.288. The van der Waals surface area contributed by atoms with Gasteiger partial charge in [-0.25, -0.2) is 9.78 Å². The molecule has 0 radical (unpaired) electrons. The highest BCUT2D eigenvalue weighted by Gasteiger charge is 2.26. The van der Waals surface area contributed by atoms with Gasteiger partial charge in [0, 0.05) is 38.1 Å². The van der Waals surface area contributed by atoms with Crippen molar-refractivity contribution in [3.8, 4) is 5.75 Å². The normalized spacial score (nSPS) is 15.0. The van der Waals surface area contributed by atoms with Crippen LogP contribution in [0.3, 0.4) is 0 Å². The van der Waals surface area contributed by atoms with Gasteiger partial charge in [-0.15, -0.1) is 0 Å². The molecule has 1 aliphatic heterocycles. The number of aliphatic hydroxyl groups excluding tert-OH is 1. The van der Waals surface area contributed by atoms with Crippen molar-refractivity contribution in [2.75, 3.05) is 37.7 Å². The number of benzene rings is 1. The van der Waals surface area contributed by atoms with Crippen LogP contribution in [0, 0.1) is 10.1 Å². The Labute approximate surface area is 224 Å². The molecule has 3 heterocycles. The standard InChI is InChI=1S/C25H31ClN6O6/c1-25(2,3)38-24(34)30-12-10-29(11-13-30)21-7-4-17-14-19(5-6-20(17)27-21)37-16-18(33)8-9-31-15-22(32(35)36)28-23(31)26/h4-7,14-15,18,33H,8-13,16H2,1-3H3/t18-/m0/s1. The van der Waals surface area contributed by atoms with E-state index in [9.17, 15) is 20.0 Å². The van der Waals surface area contributed by atoms with Crippen molar-refractivity contribution in [3.63, 3.8) is 0 Å². The largest absolute Gasteiger partial charge is 0.491 e. The molecule has 0 unspecified atom stereocenters. The molecule has 1 saturated heterocycles. The zero-order valence-corrected chi connectivity index (χ0v) is 22.3. The number of ether oxygens (including phenoxy) is 2. The summed E-state index contributed by atoms with van der Waals surface area (Å²) in [5, 5.41) is 22.0. The highest BCUT2D eigenvalue weighted by Crippen LogP contribution is 2.24. The van der Waals surface area contributed by atoms with Gasteiger partial charge in [0.15, 0.2) is 0 Å². The number of carbonyl (C=O) groups excluding carboxylic acids is 1. The quantitative estimate of drug-likeness (QED) is 0.329. The minimum atomic E-state index is -0.803. The fraction of sp³-hybridized carbons (Fsp3) is 0.480. The van der Waals surface area contributed by atoms with E-state index in [4.69, 9.17) is 26.1 Å². The Morgan fingerprint density at radius 1 is 1.18 bits per heavy atom. The number of carbonyl (C=O) groups is 1. The van der Waals surface area contributed by atoms with Crippen LogP contribution in [0.4, 0.5) is 16.4 Å². The highest BCUT2D eigenvalue weighted by molar-refractivity contribution is 6.28. The van der Waals surface area contributed by atoms with Gasteiger partial charge in [-0.1, -0.05) is 0 Å². The van der Waals surface area contributed by atoms with Gasteiger partial charge in [-0.2, -0.15) is 0 Å². The Hall–Kier alpha value is -3.64. The Kier molecular flexibility index (Phi) is 8.22. The number of hydrogen-bond donors (Lipinski definition) is 1. The Morgan fingerprint density at radius 3 is 2.58 bits per heavy atom. The van der Waals surface area contributed by atoms with E-state index in [1.807, 2.05) is 45.0 Å². The lowest BCUT2D eigenvalue weighted by Gasteiger charge is -2.36. The number of aromatic nitrogens is 3. The molecule has 1 amide bonds. The van der Waals surface area contributed by atoms with E-state index in [0.717, 1.165) is 16.7 Å². The van der Waals surface area contributed by atoms with Crippen molar-refractivity contribution in [3.05, 3.63) is 51.9 Å². The number of anilines is 1. The Balaban J connectivity index is 1.28. The SMILES string of the molecule is CC(C)(C)OC(=O)N1CCN(c2ccc3cc(OC[C@@H](O)CCn4cc([N+](=O)[O-])nc4Cl)ccc3n2)CC1. The summed E-state index contributed by atoms with van der Waals surface area (Å²) < 4.78 is 12.6. The molecule has 38 heavy (non-hydrogen) atoms. The van der Waals surface area contributed by atoms with Gasteiger partial charge in [-0.3, -0.25) is 4.57 Å². The number of aliphatic hydroxyl groups is 1. The number of amides is 1. The third kappa shape index (κ3) is 7.01. The predicted molar refractivity (Wildman–Crippen MR) is 142 cm³/mol. The van der Waals surface area contributed by atoms with E-state index in [1.54, 1.807) is 11.0 Å². The van der Waals surface area contributed by atoms with Crippen molar-refractivity contribution >= 4 is 40.2 Å². The lowest BCUT2D eigenvalue weighted by atomic mass is 10.2. The smallest absolute Gasteiger partial charge is 0.410 e. The molecule has 1 fully saturated rings. The van der Waals surface area contributed by atoms with Gasteiger partial charge in [-0.05, 0) is 79.0 Å². The van der Waals surface area contributed by atoms with Crippen molar-refractivity contribution in [2.24, 2.45) is 0 Å². The molecule has 0 saturated carbocycles. The van der Waals surface area contributed by atoms with Crippen LogP contribution in [0.1, 0.15) is 27.2 Å². The number of rotatable bonds is 8. The number of nitrogens with zero attached hydrogens (tertiary/aromatic N) is 6. The summed E-state index contributed by atoms with van der Waals surface area (Å²) in [5.74, 6) is 1.09. The molecule has 3 aromatic rings.